The van der Waals surface area contributed by atoms with Gasteiger partial charge in [-0.3, -0.25) is 4.79 Å². The summed E-state index contributed by atoms with van der Waals surface area (Å²) in [6.45, 7) is 6.67. The van der Waals surface area contributed by atoms with E-state index in [-0.39, 0.29) is 17.4 Å². The molecule has 0 heterocycles. The minimum absolute atomic E-state index is 0.0716. The van der Waals surface area contributed by atoms with E-state index in [2.05, 4.69) is 5.32 Å². The Kier molecular flexibility index (Phi) is 7.38. The second kappa shape index (κ2) is 9.53. The van der Waals surface area contributed by atoms with Crippen LogP contribution in [0.1, 0.15) is 25.0 Å². The van der Waals surface area contributed by atoms with Crippen LogP contribution in [0.4, 0.5) is 0 Å². The first kappa shape index (κ1) is 20.9. The highest BCUT2D eigenvalue weighted by molar-refractivity contribution is 7.89. The molecule has 0 aliphatic heterocycles. The van der Waals surface area contributed by atoms with Gasteiger partial charge >= 0.3 is 0 Å². The molecular weight excluding hydrogens is 364 g/mol. The molecule has 0 aromatic heterocycles. The number of amides is 1. The molecule has 0 fully saturated rings. The summed E-state index contributed by atoms with van der Waals surface area (Å²) in [6.07, 6.45) is 0. The Morgan fingerprint density at radius 1 is 1.07 bits per heavy atom. The highest BCUT2D eigenvalue weighted by Crippen LogP contribution is 2.16. The van der Waals surface area contributed by atoms with Crippen LogP contribution in [0, 0.1) is 6.92 Å². The first-order chi connectivity index (χ1) is 12.9. The Morgan fingerprint density at radius 3 is 2.33 bits per heavy atom. The van der Waals surface area contributed by atoms with Crippen LogP contribution >= 0.6 is 0 Å². The molecule has 0 unspecified atom stereocenters. The van der Waals surface area contributed by atoms with E-state index in [0.717, 1.165) is 11.1 Å². The Labute approximate surface area is 161 Å². The van der Waals surface area contributed by atoms with Crippen LogP contribution in [0.5, 0.6) is 5.75 Å². The van der Waals surface area contributed by atoms with Gasteiger partial charge in [-0.05, 0) is 42.3 Å². The molecule has 0 spiro atoms. The fraction of sp³-hybridized carbons (Fsp3) is 0.350. The van der Waals surface area contributed by atoms with Crippen molar-refractivity contribution in [2.75, 3.05) is 19.7 Å². The van der Waals surface area contributed by atoms with Gasteiger partial charge in [-0.1, -0.05) is 38.1 Å². The number of hydrogen-bond acceptors (Lipinski definition) is 4. The predicted octanol–water partition coefficient (Wildman–Crippen LogP) is 2.72. The molecule has 2 aromatic rings. The van der Waals surface area contributed by atoms with Crippen molar-refractivity contribution in [2.24, 2.45) is 0 Å². The molecule has 2 aromatic carbocycles. The van der Waals surface area contributed by atoms with Crippen LogP contribution in [-0.4, -0.2) is 38.3 Å². The Bertz CT molecular complexity index is 860. The zero-order chi connectivity index (χ0) is 19.9. The summed E-state index contributed by atoms with van der Waals surface area (Å²) >= 11 is 0. The number of nitrogens with zero attached hydrogens (tertiary/aromatic N) is 1. The molecule has 7 heteroatoms. The Balaban J connectivity index is 1.88. The molecular formula is C20H26N2O4S. The van der Waals surface area contributed by atoms with Crippen LogP contribution in [0.25, 0.3) is 0 Å². The molecule has 0 bridgehead atoms. The zero-order valence-electron chi connectivity index (χ0n) is 15.9. The lowest BCUT2D eigenvalue weighted by Crippen LogP contribution is -2.30. The predicted molar refractivity (Wildman–Crippen MR) is 105 cm³/mol. The zero-order valence-corrected chi connectivity index (χ0v) is 16.8. The van der Waals surface area contributed by atoms with Crippen molar-refractivity contribution in [3.63, 3.8) is 0 Å². The molecule has 146 valence electrons. The number of carbonyl (C=O) groups is 1. The third kappa shape index (κ3) is 5.80. The van der Waals surface area contributed by atoms with Crippen molar-refractivity contribution in [3.8, 4) is 5.75 Å². The first-order valence-electron chi connectivity index (χ1n) is 8.92. The number of nitrogens with one attached hydrogen (secondary N) is 1. The molecule has 0 aliphatic carbocycles. The topological polar surface area (TPSA) is 75.7 Å². The van der Waals surface area contributed by atoms with Gasteiger partial charge in [0.1, 0.15) is 5.75 Å². The van der Waals surface area contributed by atoms with Gasteiger partial charge in [0, 0.05) is 19.6 Å². The molecule has 0 aliphatic rings. The second-order valence-electron chi connectivity index (χ2n) is 6.12. The van der Waals surface area contributed by atoms with Crippen LogP contribution in [0.15, 0.2) is 53.4 Å². The maximum Gasteiger partial charge on any atom is 0.258 e. The number of carbonyl (C=O) groups excluding carboxylic acids is 1. The van der Waals surface area contributed by atoms with Crippen molar-refractivity contribution >= 4 is 15.9 Å². The maximum atomic E-state index is 12.5. The first-order valence-corrected chi connectivity index (χ1v) is 10.4. The summed E-state index contributed by atoms with van der Waals surface area (Å²) in [5, 5.41) is 2.76. The summed E-state index contributed by atoms with van der Waals surface area (Å²) in [7, 11) is -3.47. The number of hydrogen-bond donors (Lipinski definition) is 1. The molecule has 1 N–H and O–H groups in total. The molecule has 27 heavy (non-hydrogen) atoms. The second-order valence-corrected chi connectivity index (χ2v) is 8.05. The smallest absolute Gasteiger partial charge is 0.258 e. The van der Waals surface area contributed by atoms with Gasteiger partial charge < -0.3 is 10.1 Å². The molecule has 6 nitrogen and oxygen atoms in total. The minimum atomic E-state index is -3.47. The Hall–Kier alpha value is -2.38. The van der Waals surface area contributed by atoms with Crippen molar-refractivity contribution in [3.05, 3.63) is 59.7 Å². The van der Waals surface area contributed by atoms with Gasteiger partial charge in [-0.25, -0.2) is 8.42 Å². The summed E-state index contributed by atoms with van der Waals surface area (Å²) in [6, 6.07) is 14.0. The Morgan fingerprint density at radius 2 is 1.74 bits per heavy atom. The quantitative estimate of drug-likeness (QED) is 0.714. The van der Waals surface area contributed by atoms with E-state index in [1.165, 1.54) is 4.31 Å². The van der Waals surface area contributed by atoms with Gasteiger partial charge in [0.25, 0.3) is 5.91 Å². The van der Waals surface area contributed by atoms with Crippen molar-refractivity contribution < 1.29 is 17.9 Å². The standard InChI is InChI=1S/C20H26N2O4S/c1-4-22(5-2)27(24,25)19-11-9-17(10-12-19)14-21-20(23)15-26-18-8-6-7-16(3)13-18/h6-13H,4-5,14-15H2,1-3H3,(H,21,23). The lowest BCUT2D eigenvalue weighted by Gasteiger charge is -2.18. The molecule has 0 atom stereocenters. The average Bonchev–Trinajstić information content (AvgIpc) is 2.66. The summed E-state index contributed by atoms with van der Waals surface area (Å²) < 4.78 is 31.8. The summed E-state index contributed by atoms with van der Waals surface area (Å²) in [4.78, 5) is 12.2. The van der Waals surface area contributed by atoms with Gasteiger partial charge in [-0.2, -0.15) is 4.31 Å². The number of ether oxygens (including phenoxy) is 1. The summed E-state index contributed by atoms with van der Waals surface area (Å²) in [5.74, 6) is 0.410. The van der Waals surface area contributed by atoms with E-state index < -0.39 is 10.0 Å². The van der Waals surface area contributed by atoms with Gasteiger partial charge in [-0.15, -0.1) is 0 Å². The number of sulfonamides is 1. The highest BCUT2D eigenvalue weighted by Gasteiger charge is 2.21. The number of aryl methyl sites for hydroxylation is 1. The molecule has 1 amide bonds. The van der Waals surface area contributed by atoms with Crippen LogP contribution < -0.4 is 10.1 Å². The lowest BCUT2D eigenvalue weighted by atomic mass is 10.2. The van der Waals surface area contributed by atoms with Crippen molar-refractivity contribution in [1.29, 1.82) is 0 Å². The molecule has 0 saturated heterocycles. The van der Waals surface area contributed by atoms with Crippen LogP contribution in [0.3, 0.4) is 0 Å². The van der Waals surface area contributed by atoms with Gasteiger partial charge in [0.2, 0.25) is 10.0 Å². The third-order valence-corrected chi connectivity index (χ3v) is 6.18. The highest BCUT2D eigenvalue weighted by atomic mass is 32.2. The minimum Gasteiger partial charge on any atom is -0.484 e. The van der Waals surface area contributed by atoms with Crippen LogP contribution in [-0.2, 0) is 21.4 Å². The van der Waals surface area contributed by atoms with E-state index in [0.29, 0.717) is 25.4 Å². The van der Waals surface area contributed by atoms with Crippen molar-refractivity contribution in [1.82, 2.24) is 9.62 Å². The molecule has 2 rings (SSSR count). The normalized spacial score (nSPS) is 11.4. The lowest BCUT2D eigenvalue weighted by molar-refractivity contribution is -0.123. The van der Waals surface area contributed by atoms with Gasteiger partial charge in [0.05, 0.1) is 4.90 Å². The number of benzene rings is 2. The van der Waals surface area contributed by atoms with E-state index in [1.807, 2.05) is 39.0 Å². The SMILES string of the molecule is CCN(CC)S(=O)(=O)c1ccc(CNC(=O)COc2cccc(C)c2)cc1. The monoisotopic (exact) mass is 390 g/mol. The maximum absolute atomic E-state index is 12.5. The fourth-order valence-electron chi connectivity index (χ4n) is 2.60. The van der Waals surface area contributed by atoms with Crippen molar-refractivity contribution in [2.45, 2.75) is 32.2 Å². The third-order valence-electron chi connectivity index (χ3n) is 4.12. The van der Waals surface area contributed by atoms with Gasteiger partial charge in [0.15, 0.2) is 6.61 Å². The largest absolute Gasteiger partial charge is 0.484 e. The van der Waals surface area contributed by atoms with E-state index in [4.69, 9.17) is 4.74 Å². The van der Waals surface area contributed by atoms with E-state index >= 15 is 0 Å². The molecule has 0 saturated carbocycles. The number of rotatable bonds is 9. The van der Waals surface area contributed by atoms with E-state index in [9.17, 15) is 13.2 Å². The summed E-state index contributed by atoms with van der Waals surface area (Å²) in [5.41, 5.74) is 1.88. The average molecular weight is 391 g/mol. The van der Waals surface area contributed by atoms with E-state index in [1.54, 1.807) is 30.3 Å². The molecule has 0 radical (unpaired) electrons. The van der Waals surface area contributed by atoms with Crippen LogP contribution in [0.2, 0.25) is 0 Å². The fourth-order valence-corrected chi connectivity index (χ4v) is 4.06.